The van der Waals surface area contributed by atoms with Gasteiger partial charge in [0.2, 0.25) is 0 Å². The number of ether oxygens (including phenoxy) is 1. The summed E-state index contributed by atoms with van der Waals surface area (Å²) in [6, 6.07) is 13.6. The number of hydrogen-bond donors (Lipinski definition) is 1. The van der Waals surface area contributed by atoms with Crippen LogP contribution in [0.1, 0.15) is 26.5 Å². The zero-order chi connectivity index (χ0) is 17.3. The molecule has 0 saturated carbocycles. The first kappa shape index (κ1) is 16.0. The van der Waals surface area contributed by atoms with Crippen molar-refractivity contribution in [2.24, 2.45) is 0 Å². The van der Waals surface area contributed by atoms with Gasteiger partial charge in [0.05, 0.1) is 5.69 Å². The number of rotatable bonds is 2. The Morgan fingerprint density at radius 3 is 2.54 bits per heavy atom. The lowest BCUT2D eigenvalue weighted by Gasteiger charge is -2.18. The van der Waals surface area contributed by atoms with Gasteiger partial charge in [0, 0.05) is 17.3 Å². The molecule has 3 rings (SSSR count). The molecule has 0 aliphatic carbocycles. The molecule has 1 amide bonds. The molecule has 2 aromatic heterocycles. The number of nitrogens with zero attached hydrogens (tertiary/aromatic N) is 3. The first-order valence-corrected chi connectivity index (χ1v) is 7.75. The molecule has 24 heavy (non-hydrogen) atoms. The maximum Gasteiger partial charge on any atom is 0.413 e. The van der Waals surface area contributed by atoms with Gasteiger partial charge in [-0.25, -0.2) is 14.3 Å². The maximum atomic E-state index is 11.9. The number of amides is 1. The third-order valence-corrected chi connectivity index (χ3v) is 3.30. The van der Waals surface area contributed by atoms with E-state index >= 15 is 0 Å². The summed E-state index contributed by atoms with van der Waals surface area (Å²) in [4.78, 5) is 16.5. The molecule has 3 aromatic rings. The Morgan fingerprint density at radius 1 is 1.17 bits per heavy atom. The molecule has 0 spiro atoms. The van der Waals surface area contributed by atoms with Crippen molar-refractivity contribution in [3.8, 4) is 11.3 Å². The Morgan fingerprint density at radius 2 is 1.88 bits per heavy atom. The summed E-state index contributed by atoms with van der Waals surface area (Å²) >= 11 is 0. The van der Waals surface area contributed by atoms with Gasteiger partial charge in [0.25, 0.3) is 0 Å². The molecule has 6 heteroatoms. The van der Waals surface area contributed by atoms with E-state index < -0.39 is 11.7 Å². The molecule has 0 unspecified atom stereocenters. The Bertz CT molecular complexity index is 879. The standard InChI is InChI=1S/C18H20N4O2/c1-12-10-14(13-8-6-5-7-9-13)19-16-11-15(21-22(12)16)20-17(23)24-18(2,3)4/h5-11H,1-4H3,(H,20,21,23). The number of aromatic nitrogens is 3. The van der Waals surface area contributed by atoms with E-state index in [1.807, 2.05) is 64.1 Å². The van der Waals surface area contributed by atoms with E-state index in [9.17, 15) is 4.79 Å². The normalized spacial score (nSPS) is 11.5. The summed E-state index contributed by atoms with van der Waals surface area (Å²) in [6.07, 6.45) is -0.535. The third-order valence-electron chi connectivity index (χ3n) is 3.30. The van der Waals surface area contributed by atoms with E-state index in [2.05, 4.69) is 15.4 Å². The highest BCUT2D eigenvalue weighted by Gasteiger charge is 2.17. The molecule has 1 aromatic carbocycles. The smallest absolute Gasteiger partial charge is 0.413 e. The predicted octanol–water partition coefficient (Wildman–Crippen LogP) is 4.05. The van der Waals surface area contributed by atoms with E-state index in [0.717, 1.165) is 17.0 Å². The quantitative estimate of drug-likeness (QED) is 0.772. The van der Waals surface area contributed by atoms with Crippen LogP contribution in [0.4, 0.5) is 10.6 Å². The van der Waals surface area contributed by atoms with Crippen LogP contribution in [0.5, 0.6) is 0 Å². The maximum absolute atomic E-state index is 11.9. The number of carbonyl (C=O) groups is 1. The molecular formula is C18H20N4O2. The monoisotopic (exact) mass is 324 g/mol. The van der Waals surface area contributed by atoms with Crippen molar-refractivity contribution in [2.75, 3.05) is 5.32 Å². The number of nitrogens with one attached hydrogen (secondary N) is 1. The largest absolute Gasteiger partial charge is 0.444 e. The second kappa shape index (κ2) is 5.96. The second-order valence-corrected chi connectivity index (χ2v) is 6.58. The van der Waals surface area contributed by atoms with Crippen molar-refractivity contribution in [3.63, 3.8) is 0 Å². The highest BCUT2D eigenvalue weighted by atomic mass is 16.6. The number of aryl methyl sites for hydroxylation is 1. The average Bonchev–Trinajstić information content (AvgIpc) is 2.89. The van der Waals surface area contributed by atoms with Crippen LogP contribution in [0, 0.1) is 6.92 Å². The van der Waals surface area contributed by atoms with E-state index in [0.29, 0.717) is 11.5 Å². The summed E-state index contributed by atoms with van der Waals surface area (Å²) in [7, 11) is 0. The molecule has 0 aliphatic heterocycles. The second-order valence-electron chi connectivity index (χ2n) is 6.58. The molecule has 0 atom stereocenters. The molecule has 0 bridgehead atoms. The number of anilines is 1. The zero-order valence-corrected chi connectivity index (χ0v) is 14.2. The minimum absolute atomic E-state index is 0.407. The van der Waals surface area contributed by atoms with Crippen molar-refractivity contribution in [1.82, 2.24) is 14.6 Å². The van der Waals surface area contributed by atoms with E-state index in [-0.39, 0.29) is 0 Å². The summed E-state index contributed by atoms with van der Waals surface area (Å²) in [5, 5.41) is 7.00. The number of carbonyl (C=O) groups excluding carboxylic acids is 1. The van der Waals surface area contributed by atoms with Crippen LogP contribution in [0.25, 0.3) is 16.9 Å². The number of benzene rings is 1. The van der Waals surface area contributed by atoms with Gasteiger partial charge < -0.3 is 4.74 Å². The summed E-state index contributed by atoms with van der Waals surface area (Å²) in [5.74, 6) is 0.407. The topological polar surface area (TPSA) is 68.5 Å². The van der Waals surface area contributed by atoms with Crippen LogP contribution in [-0.4, -0.2) is 26.3 Å². The highest BCUT2D eigenvalue weighted by molar-refractivity contribution is 5.84. The van der Waals surface area contributed by atoms with Crippen LogP contribution in [0.15, 0.2) is 42.5 Å². The molecule has 0 fully saturated rings. The average molecular weight is 324 g/mol. The first-order chi connectivity index (χ1) is 11.3. The molecular weight excluding hydrogens is 304 g/mol. The van der Waals surface area contributed by atoms with Crippen LogP contribution in [0.2, 0.25) is 0 Å². The van der Waals surface area contributed by atoms with Crippen LogP contribution in [0.3, 0.4) is 0 Å². The van der Waals surface area contributed by atoms with Gasteiger partial charge in [-0.3, -0.25) is 5.32 Å². The third kappa shape index (κ3) is 3.53. The van der Waals surface area contributed by atoms with Gasteiger partial charge in [-0.1, -0.05) is 30.3 Å². The fourth-order valence-electron chi connectivity index (χ4n) is 2.35. The van der Waals surface area contributed by atoms with E-state index in [1.54, 1.807) is 10.6 Å². The molecule has 2 heterocycles. The number of fused-ring (bicyclic) bond motifs is 1. The lowest BCUT2D eigenvalue weighted by atomic mass is 10.1. The minimum atomic E-state index is -0.558. The molecule has 0 aliphatic rings. The summed E-state index contributed by atoms with van der Waals surface area (Å²) < 4.78 is 6.93. The van der Waals surface area contributed by atoms with Crippen LogP contribution >= 0.6 is 0 Å². The lowest BCUT2D eigenvalue weighted by Crippen LogP contribution is -2.27. The van der Waals surface area contributed by atoms with Gasteiger partial charge in [0.15, 0.2) is 11.5 Å². The van der Waals surface area contributed by atoms with Gasteiger partial charge in [-0.05, 0) is 33.8 Å². The van der Waals surface area contributed by atoms with Crippen LogP contribution < -0.4 is 5.32 Å². The fourth-order valence-corrected chi connectivity index (χ4v) is 2.35. The highest BCUT2D eigenvalue weighted by Crippen LogP contribution is 2.21. The van der Waals surface area contributed by atoms with Crippen molar-refractivity contribution in [2.45, 2.75) is 33.3 Å². The minimum Gasteiger partial charge on any atom is -0.444 e. The summed E-state index contributed by atoms with van der Waals surface area (Å²) in [6.45, 7) is 7.39. The molecule has 0 saturated heterocycles. The molecule has 124 valence electrons. The fraction of sp³-hybridized carbons (Fsp3) is 0.278. The van der Waals surface area contributed by atoms with Gasteiger partial charge >= 0.3 is 6.09 Å². The zero-order valence-electron chi connectivity index (χ0n) is 14.2. The molecule has 1 N–H and O–H groups in total. The summed E-state index contributed by atoms with van der Waals surface area (Å²) in [5.41, 5.74) is 2.93. The van der Waals surface area contributed by atoms with Crippen molar-refractivity contribution in [1.29, 1.82) is 0 Å². The van der Waals surface area contributed by atoms with Crippen LogP contribution in [-0.2, 0) is 4.74 Å². The Labute approximate surface area is 140 Å². The molecule has 0 radical (unpaired) electrons. The van der Waals surface area contributed by atoms with E-state index in [4.69, 9.17) is 4.74 Å². The Kier molecular flexibility index (Phi) is 3.97. The SMILES string of the molecule is Cc1cc(-c2ccccc2)nc2cc(NC(=O)OC(C)(C)C)nn12. The van der Waals surface area contributed by atoms with Gasteiger partial charge in [-0.2, -0.15) is 0 Å². The number of hydrogen-bond acceptors (Lipinski definition) is 4. The van der Waals surface area contributed by atoms with Gasteiger partial charge in [-0.15, -0.1) is 5.10 Å². The van der Waals surface area contributed by atoms with Gasteiger partial charge in [0.1, 0.15) is 5.60 Å². The predicted molar refractivity (Wildman–Crippen MR) is 93.0 cm³/mol. The first-order valence-electron chi connectivity index (χ1n) is 7.75. The Hall–Kier alpha value is -2.89. The van der Waals surface area contributed by atoms with Crippen molar-refractivity contribution >= 4 is 17.6 Å². The van der Waals surface area contributed by atoms with E-state index in [1.165, 1.54) is 0 Å². The lowest BCUT2D eigenvalue weighted by molar-refractivity contribution is 0.0635. The van der Waals surface area contributed by atoms with Crippen molar-refractivity contribution < 1.29 is 9.53 Å². The van der Waals surface area contributed by atoms with Crippen molar-refractivity contribution in [3.05, 3.63) is 48.2 Å². The molecule has 6 nitrogen and oxygen atoms in total. The Balaban J connectivity index is 1.91.